The molecule has 2 aromatic carbocycles. The minimum atomic E-state index is -0.261. The summed E-state index contributed by atoms with van der Waals surface area (Å²) < 4.78 is 5.55. The molecule has 3 rings (SSSR count). The van der Waals surface area contributed by atoms with Crippen LogP contribution in [0.15, 0.2) is 48.5 Å². The molecule has 3 amide bonds. The van der Waals surface area contributed by atoms with Crippen LogP contribution in [0, 0.1) is 6.92 Å². The van der Waals surface area contributed by atoms with Gasteiger partial charge >= 0.3 is 6.03 Å². The standard InChI is InChI=1S/C21H25N3O3/c1-15-18(23-20(25)16-7-3-2-4-8-16)10-5-11-19(15)24-21(26)22-13-12-17-9-6-14-27-17/h2-5,7-8,10-11,17H,6,9,12-14H2,1H3,(H,23,25)(H2,22,24,26)/t17-/m0/s1. The molecule has 6 heteroatoms. The lowest BCUT2D eigenvalue weighted by molar-refractivity contribution is 0.102. The van der Waals surface area contributed by atoms with Gasteiger partial charge in [0.1, 0.15) is 0 Å². The second-order valence-corrected chi connectivity index (χ2v) is 6.60. The number of amides is 3. The van der Waals surface area contributed by atoms with Crippen LogP contribution >= 0.6 is 0 Å². The first kappa shape index (κ1) is 18.9. The van der Waals surface area contributed by atoms with Gasteiger partial charge in [-0.3, -0.25) is 4.79 Å². The van der Waals surface area contributed by atoms with Crippen LogP contribution in [0.4, 0.5) is 16.2 Å². The van der Waals surface area contributed by atoms with Crippen molar-refractivity contribution >= 4 is 23.3 Å². The van der Waals surface area contributed by atoms with Crippen molar-refractivity contribution in [3.05, 3.63) is 59.7 Å². The number of nitrogens with one attached hydrogen (secondary N) is 3. The SMILES string of the molecule is Cc1c(NC(=O)NCC[C@@H]2CCCO2)cccc1NC(=O)c1ccccc1. The van der Waals surface area contributed by atoms with Gasteiger partial charge in [0.15, 0.2) is 0 Å². The highest BCUT2D eigenvalue weighted by Gasteiger charge is 2.15. The van der Waals surface area contributed by atoms with E-state index in [9.17, 15) is 9.59 Å². The lowest BCUT2D eigenvalue weighted by Crippen LogP contribution is -2.31. The molecule has 0 spiro atoms. The Kier molecular flexibility index (Phi) is 6.44. The van der Waals surface area contributed by atoms with Crippen molar-refractivity contribution in [2.45, 2.75) is 32.3 Å². The molecule has 1 aliphatic heterocycles. The quantitative estimate of drug-likeness (QED) is 0.723. The van der Waals surface area contributed by atoms with Crippen LogP contribution in [-0.2, 0) is 4.74 Å². The molecular formula is C21H25N3O3. The highest BCUT2D eigenvalue weighted by molar-refractivity contribution is 6.05. The molecule has 1 atom stereocenters. The Morgan fingerprint density at radius 2 is 1.78 bits per heavy atom. The van der Waals surface area contributed by atoms with Crippen LogP contribution in [0.2, 0.25) is 0 Å². The third-order valence-electron chi connectivity index (χ3n) is 4.64. The van der Waals surface area contributed by atoms with Crippen LogP contribution < -0.4 is 16.0 Å². The topological polar surface area (TPSA) is 79.5 Å². The Bertz CT molecular complexity index is 787. The lowest BCUT2D eigenvalue weighted by Gasteiger charge is -2.15. The number of anilines is 2. The minimum absolute atomic E-state index is 0.183. The largest absolute Gasteiger partial charge is 0.378 e. The van der Waals surface area contributed by atoms with Gasteiger partial charge in [-0.2, -0.15) is 0 Å². The highest BCUT2D eigenvalue weighted by Crippen LogP contribution is 2.24. The van der Waals surface area contributed by atoms with Crippen LogP contribution in [0.1, 0.15) is 35.2 Å². The monoisotopic (exact) mass is 367 g/mol. The van der Waals surface area contributed by atoms with E-state index in [-0.39, 0.29) is 18.0 Å². The predicted octanol–water partition coefficient (Wildman–Crippen LogP) is 3.94. The summed E-state index contributed by atoms with van der Waals surface area (Å²) in [5.74, 6) is -0.183. The number of benzene rings is 2. The Morgan fingerprint density at radius 1 is 1.04 bits per heavy atom. The zero-order valence-corrected chi connectivity index (χ0v) is 15.5. The molecule has 27 heavy (non-hydrogen) atoms. The predicted molar refractivity (Wildman–Crippen MR) is 106 cm³/mol. The van der Waals surface area contributed by atoms with Crippen molar-refractivity contribution in [3.63, 3.8) is 0 Å². The van der Waals surface area contributed by atoms with Gasteiger partial charge < -0.3 is 20.7 Å². The lowest BCUT2D eigenvalue weighted by atomic mass is 10.1. The van der Waals surface area contributed by atoms with E-state index >= 15 is 0 Å². The average molecular weight is 367 g/mol. The minimum Gasteiger partial charge on any atom is -0.378 e. The molecule has 0 aliphatic carbocycles. The van der Waals surface area contributed by atoms with Crippen LogP contribution in [-0.4, -0.2) is 31.2 Å². The van der Waals surface area contributed by atoms with Crippen LogP contribution in [0.5, 0.6) is 0 Å². The number of rotatable bonds is 6. The van der Waals surface area contributed by atoms with Crippen molar-refractivity contribution in [1.82, 2.24) is 5.32 Å². The van der Waals surface area contributed by atoms with Gasteiger partial charge in [-0.1, -0.05) is 24.3 Å². The zero-order valence-electron chi connectivity index (χ0n) is 15.5. The summed E-state index contributed by atoms with van der Waals surface area (Å²) in [6.07, 6.45) is 3.23. The zero-order chi connectivity index (χ0) is 19.1. The number of carbonyl (C=O) groups excluding carboxylic acids is 2. The van der Waals surface area contributed by atoms with E-state index in [2.05, 4.69) is 16.0 Å². The summed E-state index contributed by atoms with van der Waals surface area (Å²) in [5.41, 5.74) is 2.72. The van der Waals surface area contributed by atoms with Crippen LogP contribution in [0.25, 0.3) is 0 Å². The fourth-order valence-electron chi connectivity index (χ4n) is 3.08. The molecule has 1 fully saturated rings. The number of hydrogen-bond acceptors (Lipinski definition) is 3. The average Bonchev–Trinajstić information content (AvgIpc) is 3.19. The maximum Gasteiger partial charge on any atom is 0.319 e. The van der Waals surface area contributed by atoms with E-state index in [1.54, 1.807) is 18.2 Å². The number of ether oxygens (including phenoxy) is 1. The molecular weight excluding hydrogens is 342 g/mol. The summed E-state index contributed by atoms with van der Waals surface area (Å²) >= 11 is 0. The smallest absolute Gasteiger partial charge is 0.319 e. The Balaban J connectivity index is 1.55. The molecule has 3 N–H and O–H groups in total. The van der Waals surface area contributed by atoms with Crippen molar-refractivity contribution in [3.8, 4) is 0 Å². The Morgan fingerprint density at radius 3 is 2.48 bits per heavy atom. The van der Waals surface area contributed by atoms with Gasteiger partial charge in [0.25, 0.3) is 5.91 Å². The summed E-state index contributed by atoms with van der Waals surface area (Å²) in [4.78, 5) is 24.5. The second-order valence-electron chi connectivity index (χ2n) is 6.60. The van der Waals surface area contributed by atoms with E-state index in [0.29, 0.717) is 23.5 Å². The third-order valence-corrected chi connectivity index (χ3v) is 4.64. The molecule has 1 heterocycles. The number of urea groups is 1. The maximum atomic E-state index is 12.3. The van der Waals surface area contributed by atoms with Crippen molar-refractivity contribution in [2.24, 2.45) is 0 Å². The molecule has 0 unspecified atom stereocenters. The van der Waals surface area contributed by atoms with Crippen molar-refractivity contribution in [1.29, 1.82) is 0 Å². The van der Waals surface area contributed by atoms with Crippen molar-refractivity contribution < 1.29 is 14.3 Å². The maximum absolute atomic E-state index is 12.3. The van der Waals surface area contributed by atoms with Gasteiger partial charge in [0, 0.05) is 30.1 Å². The van der Waals surface area contributed by atoms with Crippen molar-refractivity contribution in [2.75, 3.05) is 23.8 Å². The summed E-state index contributed by atoms with van der Waals surface area (Å²) in [6.45, 7) is 3.25. The van der Waals surface area contributed by atoms with Crippen LogP contribution in [0.3, 0.4) is 0 Å². The van der Waals surface area contributed by atoms with Gasteiger partial charge in [0.2, 0.25) is 0 Å². The molecule has 0 bridgehead atoms. The van der Waals surface area contributed by atoms with E-state index in [4.69, 9.17) is 4.74 Å². The summed E-state index contributed by atoms with van der Waals surface area (Å²) in [7, 11) is 0. The third kappa shape index (κ3) is 5.31. The first-order valence-electron chi connectivity index (χ1n) is 9.26. The second kappa shape index (κ2) is 9.19. The highest BCUT2D eigenvalue weighted by atomic mass is 16.5. The summed E-state index contributed by atoms with van der Waals surface area (Å²) in [5, 5.41) is 8.59. The molecule has 142 valence electrons. The fraction of sp³-hybridized carbons (Fsp3) is 0.333. The first-order valence-corrected chi connectivity index (χ1v) is 9.26. The molecule has 0 saturated carbocycles. The Labute approximate surface area is 159 Å². The van der Waals surface area contributed by atoms with Gasteiger partial charge in [-0.15, -0.1) is 0 Å². The van der Waals surface area contributed by atoms with Gasteiger partial charge in [0.05, 0.1) is 6.10 Å². The van der Waals surface area contributed by atoms with Gasteiger partial charge in [-0.25, -0.2) is 4.79 Å². The van der Waals surface area contributed by atoms with Gasteiger partial charge in [-0.05, 0) is 56.0 Å². The molecule has 1 saturated heterocycles. The first-order chi connectivity index (χ1) is 13.1. The fourth-order valence-corrected chi connectivity index (χ4v) is 3.08. The number of hydrogen-bond donors (Lipinski definition) is 3. The van der Waals surface area contributed by atoms with E-state index in [1.165, 1.54) is 0 Å². The van der Waals surface area contributed by atoms with E-state index in [0.717, 1.165) is 31.4 Å². The van der Waals surface area contributed by atoms with E-state index in [1.807, 2.05) is 37.3 Å². The van der Waals surface area contributed by atoms with E-state index < -0.39 is 0 Å². The molecule has 2 aromatic rings. The Hall–Kier alpha value is -2.86. The molecule has 1 aliphatic rings. The number of carbonyl (C=O) groups is 2. The normalized spacial score (nSPS) is 16.0. The molecule has 0 aromatic heterocycles. The molecule has 6 nitrogen and oxygen atoms in total. The molecule has 0 radical (unpaired) electrons. The summed E-state index contributed by atoms with van der Waals surface area (Å²) in [6, 6.07) is 14.2.